The molecule has 2 rings (SSSR count). The first-order valence-corrected chi connectivity index (χ1v) is 8.17. The molecule has 0 amide bonds. The SMILES string of the molecule is CCNC(c1cccc(OCC)c1)c1ccc(Br)c(C)c1. The number of aryl methyl sites for hydroxylation is 1. The fourth-order valence-electron chi connectivity index (χ4n) is 2.43. The lowest BCUT2D eigenvalue weighted by atomic mass is 9.97. The van der Waals surface area contributed by atoms with E-state index in [1.54, 1.807) is 0 Å². The number of ether oxygens (including phenoxy) is 1. The summed E-state index contributed by atoms with van der Waals surface area (Å²) in [5.74, 6) is 0.923. The van der Waals surface area contributed by atoms with E-state index in [-0.39, 0.29) is 6.04 Å². The first kappa shape index (κ1) is 16.1. The van der Waals surface area contributed by atoms with E-state index < -0.39 is 0 Å². The molecule has 2 aromatic carbocycles. The van der Waals surface area contributed by atoms with Gasteiger partial charge in [0.15, 0.2) is 0 Å². The number of rotatable bonds is 6. The number of nitrogens with one attached hydrogen (secondary N) is 1. The minimum atomic E-state index is 0.183. The van der Waals surface area contributed by atoms with Crippen LogP contribution < -0.4 is 10.1 Å². The molecule has 0 aliphatic rings. The molecule has 1 atom stereocenters. The summed E-state index contributed by atoms with van der Waals surface area (Å²) in [6.45, 7) is 7.86. The van der Waals surface area contributed by atoms with Crippen LogP contribution in [0.15, 0.2) is 46.9 Å². The van der Waals surface area contributed by atoms with E-state index in [1.807, 2.05) is 13.0 Å². The summed E-state index contributed by atoms with van der Waals surface area (Å²) in [4.78, 5) is 0. The fourth-order valence-corrected chi connectivity index (χ4v) is 2.68. The maximum absolute atomic E-state index is 5.62. The van der Waals surface area contributed by atoms with Gasteiger partial charge in [0.25, 0.3) is 0 Å². The average Bonchev–Trinajstić information content (AvgIpc) is 2.48. The van der Waals surface area contributed by atoms with Gasteiger partial charge in [0, 0.05) is 4.47 Å². The third-order valence-corrected chi connectivity index (χ3v) is 4.32. The quantitative estimate of drug-likeness (QED) is 0.805. The molecule has 1 unspecified atom stereocenters. The maximum atomic E-state index is 5.62. The summed E-state index contributed by atoms with van der Waals surface area (Å²) >= 11 is 3.57. The Morgan fingerprint density at radius 2 is 1.86 bits per heavy atom. The summed E-state index contributed by atoms with van der Waals surface area (Å²) < 4.78 is 6.76. The molecule has 0 saturated heterocycles. The summed E-state index contributed by atoms with van der Waals surface area (Å²) in [5.41, 5.74) is 3.74. The predicted octanol–water partition coefficient (Wildman–Crippen LogP) is 4.86. The topological polar surface area (TPSA) is 21.3 Å². The van der Waals surface area contributed by atoms with E-state index in [0.29, 0.717) is 6.61 Å². The monoisotopic (exact) mass is 347 g/mol. The van der Waals surface area contributed by atoms with Crippen LogP contribution in [0.5, 0.6) is 5.75 Å². The molecule has 0 spiro atoms. The number of halogens is 1. The molecule has 0 aliphatic heterocycles. The van der Waals surface area contributed by atoms with Crippen molar-refractivity contribution in [1.82, 2.24) is 5.32 Å². The summed E-state index contributed by atoms with van der Waals surface area (Å²) in [7, 11) is 0. The van der Waals surface area contributed by atoms with Crippen molar-refractivity contribution in [1.29, 1.82) is 0 Å². The van der Waals surface area contributed by atoms with Crippen LogP contribution in [0.1, 0.15) is 36.6 Å². The van der Waals surface area contributed by atoms with Crippen LogP contribution in [-0.4, -0.2) is 13.2 Å². The highest BCUT2D eigenvalue weighted by Gasteiger charge is 2.14. The summed E-state index contributed by atoms with van der Waals surface area (Å²) in [6.07, 6.45) is 0. The Labute approximate surface area is 135 Å². The highest BCUT2D eigenvalue weighted by Crippen LogP contribution is 2.28. The van der Waals surface area contributed by atoms with Gasteiger partial charge in [-0.15, -0.1) is 0 Å². The Bertz CT molecular complexity index is 598. The molecule has 0 saturated carbocycles. The average molecular weight is 348 g/mol. The largest absolute Gasteiger partial charge is 0.494 e. The van der Waals surface area contributed by atoms with Crippen LogP contribution in [-0.2, 0) is 0 Å². The molecule has 0 aromatic heterocycles. The zero-order valence-electron chi connectivity index (χ0n) is 12.8. The van der Waals surface area contributed by atoms with E-state index in [1.165, 1.54) is 16.7 Å². The van der Waals surface area contributed by atoms with Crippen molar-refractivity contribution in [2.75, 3.05) is 13.2 Å². The highest BCUT2D eigenvalue weighted by molar-refractivity contribution is 9.10. The van der Waals surface area contributed by atoms with Crippen molar-refractivity contribution in [2.24, 2.45) is 0 Å². The Morgan fingerprint density at radius 1 is 1.10 bits per heavy atom. The molecule has 21 heavy (non-hydrogen) atoms. The molecule has 112 valence electrons. The normalized spacial score (nSPS) is 12.2. The van der Waals surface area contributed by atoms with Gasteiger partial charge in [0.05, 0.1) is 12.6 Å². The highest BCUT2D eigenvalue weighted by atomic mass is 79.9. The second-order valence-electron chi connectivity index (χ2n) is 5.00. The minimum absolute atomic E-state index is 0.183. The smallest absolute Gasteiger partial charge is 0.119 e. The van der Waals surface area contributed by atoms with Gasteiger partial charge < -0.3 is 10.1 Å². The zero-order chi connectivity index (χ0) is 15.2. The first-order valence-electron chi connectivity index (χ1n) is 7.37. The maximum Gasteiger partial charge on any atom is 0.119 e. The molecule has 0 aliphatic carbocycles. The van der Waals surface area contributed by atoms with Crippen LogP contribution in [0.2, 0.25) is 0 Å². The lowest BCUT2D eigenvalue weighted by Gasteiger charge is -2.20. The Balaban J connectivity index is 2.37. The molecule has 0 radical (unpaired) electrons. The summed E-state index contributed by atoms with van der Waals surface area (Å²) in [5, 5.41) is 3.56. The molecule has 0 heterocycles. The van der Waals surface area contributed by atoms with Gasteiger partial charge in [0.2, 0.25) is 0 Å². The molecule has 1 N–H and O–H groups in total. The number of hydrogen-bond acceptors (Lipinski definition) is 2. The van der Waals surface area contributed by atoms with Gasteiger partial charge in [0.1, 0.15) is 5.75 Å². The van der Waals surface area contributed by atoms with Crippen molar-refractivity contribution in [2.45, 2.75) is 26.8 Å². The molecule has 2 nitrogen and oxygen atoms in total. The standard InChI is InChI=1S/C18H22BrNO/c1-4-20-18(15-9-10-17(19)13(3)11-15)14-7-6-8-16(12-14)21-5-2/h6-12,18,20H,4-5H2,1-3H3. The van der Waals surface area contributed by atoms with Crippen LogP contribution in [0.25, 0.3) is 0 Å². The van der Waals surface area contributed by atoms with Gasteiger partial charge in [-0.25, -0.2) is 0 Å². The molecule has 3 heteroatoms. The minimum Gasteiger partial charge on any atom is -0.494 e. The van der Waals surface area contributed by atoms with Crippen molar-refractivity contribution >= 4 is 15.9 Å². The van der Waals surface area contributed by atoms with Gasteiger partial charge in [-0.2, -0.15) is 0 Å². The molecular formula is C18H22BrNO. The fraction of sp³-hybridized carbons (Fsp3) is 0.333. The van der Waals surface area contributed by atoms with Gasteiger partial charge >= 0.3 is 0 Å². The Hall–Kier alpha value is -1.32. The number of hydrogen-bond donors (Lipinski definition) is 1. The molecular weight excluding hydrogens is 326 g/mol. The predicted molar refractivity (Wildman–Crippen MR) is 92.0 cm³/mol. The zero-order valence-corrected chi connectivity index (χ0v) is 14.4. The van der Waals surface area contributed by atoms with Crippen molar-refractivity contribution < 1.29 is 4.74 Å². The van der Waals surface area contributed by atoms with Crippen molar-refractivity contribution in [3.8, 4) is 5.75 Å². The van der Waals surface area contributed by atoms with Gasteiger partial charge in [-0.3, -0.25) is 0 Å². The van der Waals surface area contributed by atoms with Gasteiger partial charge in [-0.05, 0) is 55.3 Å². The van der Waals surface area contributed by atoms with Crippen molar-refractivity contribution in [3.63, 3.8) is 0 Å². The third-order valence-electron chi connectivity index (χ3n) is 3.43. The number of benzene rings is 2. The molecule has 0 bridgehead atoms. The van der Waals surface area contributed by atoms with E-state index in [2.05, 4.69) is 71.5 Å². The third kappa shape index (κ3) is 4.08. The Kier molecular flexibility index (Phi) is 5.83. The van der Waals surface area contributed by atoms with Crippen LogP contribution >= 0.6 is 15.9 Å². The summed E-state index contributed by atoms with van der Waals surface area (Å²) in [6, 6.07) is 15.0. The van der Waals surface area contributed by atoms with Crippen LogP contribution in [0, 0.1) is 6.92 Å². The first-order chi connectivity index (χ1) is 10.2. The molecule has 2 aromatic rings. The van der Waals surface area contributed by atoms with E-state index in [0.717, 1.165) is 16.8 Å². The lowest BCUT2D eigenvalue weighted by molar-refractivity contribution is 0.339. The van der Waals surface area contributed by atoms with E-state index >= 15 is 0 Å². The van der Waals surface area contributed by atoms with Crippen LogP contribution in [0.3, 0.4) is 0 Å². The van der Waals surface area contributed by atoms with Crippen LogP contribution in [0.4, 0.5) is 0 Å². The molecule has 0 fully saturated rings. The lowest BCUT2D eigenvalue weighted by Crippen LogP contribution is -2.22. The Morgan fingerprint density at radius 3 is 2.52 bits per heavy atom. The van der Waals surface area contributed by atoms with E-state index in [9.17, 15) is 0 Å². The van der Waals surface area contributed by atoms with Gasteiger partial charge in [-0.1, -0.05) is 47.1 Å². The van der Waals surface area contributed by atoms with E-state index in [4.69, 9.17) is 4.74 Å². The van der Waals surface area contributed by atoms with Crippen molar-refractivity contribution in [3.05, 3.63) is 63.6 Å². The second-order valence-corrected chi connectivity index (χ2v) is 5.86. The second kappa shape index (κ2) is 7.62.